The molecule has 0 atom stereocenters. The highest BCUT2D eigenvalue weighted by molar-refractivity contribution is 6.29. The van der Waals surface area contributed by atoms with Crippen LogP contribution in [0.15, 0.2) is 48.5 Å². The van der Waals surface area contributed by atoms with Crippen LogP contribution in [-0.2, 0) is 0 Å². The highest BCUT2D eigenvalue weighted by Crippen LogP contribution is 2.26. The molecule has 3 rings (SSSR count). The van der Waals surface area contributed by atoms with E-state index in [-0.39, 0.29) is 5.78 Å². The molecule has 0 radical (unpaired) electrons. The normalized spacial score (nSPS) is 13.2. The zero-order chi connectivity index (χ0) is 11.1. The second-order valence-corrected chi connectivity index (χ2v) is 3.80. The third kappa shape index (κ3) is 1.07. The molecule has 76 valence electrons. The summed E-state index contributed by atoms with van der Waals surface area (Å²) in [5, 5.41) is 8.09. The SMILES string of the molecule is N=C1c2ccccc2C(=O)c2ccccc21. The lowest BCUT2D eigenvalue weighted by atomic mass is 9.84. The van der Waals surface area contributed by atoms with Crippen molar-refractivity contribution in [3.63, 3.8) is 0 Å². The quantitative estimate of drug-likeness (QED) is 0.605. The van der Waals surface area contributed by atoms with Gasteiger partial charge in [0.25, 0.3) is 0 Å². The van der Waals surface area contributed by atoms with Crippen LogP contribution in [0.4, 0.5) is 0 Å². The maximum atomic E-state index is 12.2. The number of hydrogen-bond donors (Lipinski definition) is 1. The number of rotatable bonds is 0. The van der Waals surface area contributed by atoms with Gasteiger partial charge in [0.05, 0.1) is 5.71 Å². The molecule has 2 aromatic rings. The van der Waals surface area contributed by atoms with Crippen LogP contribution in [-0.4, -0.2) is 11.5 Å². The van der Waals surface area contributed by atoms with Gasteiger partial charge in [-0.2, -0.15) is 0 Å². The molecule has 2 aromatic carbocycles. The Morgan fingerprint density at radius 2 is 1.06 bits per heavy atom. The average Bonchev–Trinajstić information content (AvgIpc) is 2.36. The van der Waals surface area contributed by atoms with Crippen LogP contribution in [0.2, 0.25) is 0 Å². The van der Waals surface area contributed by atoms with Crippen molar-refractivity contribution < 1.29 is 4.79 Å². The minimum atomic E-state index is 0.0159. The average molecular weight is 207 g/mol. The van der Waals surface area contributed by atoms with Crippen LogP contribution in [0, 0.1) is 5.41 Å². The highest BCUT2D eigenvalue weighted by atomic mass is 16.1. The summed E-state index contributed by atoms with van der Waals surface area (Å²) in [5.74, 6) is 0.0159. The van der Waals surface area contributed by atoms with Crippen molar-refractivity contribution in [2.24, 2.45) is 0 Å². The number of carbonyl (C=O) groups is 1. The van der Waals surface area contributed by atoms with E-state index in [1.807, 2.05) is 36.4 Å². The first kappa shape index (κ1) is 9.04. The molecule has 0 bridgehead atoms. The molecule has 1 N–H and O–H groups in total. The number of nitrogens with one attached hydrogen (secondary N) is 1. The molecule has 0 spiro atoms. The first-order chi connectivity index (χ1) is 7.79. The predicted molar refractivity (Wildman–Crippen MR) is 62.2 cm³/mol. The summed E-state index contributed by atoms with van der Waals surface area (Å²) in [5.41, 5.74) is 3.15. The maximum Gasteiger partial charge on any atom is 0.194 e. The number of benzene rings is 2. The molecule has 0 saturated heterocycles. The van der Waals surface area contributed by atoms with E-state index in [4.69, 9.17) is 5.41 Å². The van der Waals surface area contributed by atoms with Gasteiger partial charge in [-0.1, -0.05) is 48.5 Å². The van der Waals surface area contributed by atoms with Gasteiger partial charge >= 0.3 is 0 Å². The van der Waals surface area contributed by atoms with Crippen molar-refractivity contribution in [3.8, 4) is 0 Å². The van der Waals surface area contributed by atoms with Gasteiger partial charge < -0.3 is 0 Å². The van der Waals surface area contributed by atoms with Crippen molar-refractivity contribution in [2.75, 3.05) is 0 Å². The van der Waals surface area contributed by atoms with E-state index in [2.05, 4.69) is 0 Å². The van der Waals surface area contributed by atoms with Crippen LogP contribution < -0.4 is 0 Å². The molecule has 0 saturated carbocycles. The van der Waals surface area contributed by atoms with Gasteiger partial charge in [-0.15, -0.1) is 0 Å². The number of fused-ring (bicyclic) bond motifs is 2. The van der Waals surface area contributed by atoms with Crippen LogP contribution in [0.3, 0.4) is 0 Å². The lowest BCUT2D eigenvalue weighted by Gasteiger charge is -2.18. The van der Waals surface area contributed by atoms with Gasteiger partial charge in [0.1, 0.15) is 0 Å². The Hall–Kier alpha value is -2.22. The number of carbonyl (C=O) groups excluding carboxylic acids is 1. The monoisotopic (exact) mass is 207 g/mol. The summed E-state index contributed by atoms with van der Waals surface area (Å²) < 4.78 is 0. The van der Waals surface area contributed by atoms with Crippen molar-refractivity contribution >= 4 is 11.5 Å². The summed E-state index contributed by atoms with van der Waals surface area (Å²) >= 11 is 0. The van der Waals surface area contributed by atoms with E-state index in [1.54, 1.807) is 12.1 Å². The Balaban J connectivity index is 2.35. The lowest BCUT2D eigenvalue weighted by molar-refractivity contribution is 0.103. The fraction of sp³-hybridized carbons (Fsp3) is 0. The molecule has 16 heavy (non-hydrogen) atoms. The van der Waals surface area contributed by atoms with E-state index < -0.39 is 0 Å². The third-order valence-electron chi connectivity index (χ3n) is 2.88. The largest absolute Gasteiger partial charge is 0.300 e. The summed E-state index contributed by atoms with van der Waals surface area (Å²) in [6.07, 6.45) is 0. The first-order valence-electron chi connectivity index (χ1n) is 5.11. The van der Waals surface area contributed by atoms with Crippen LogP contribution in [0.1, 0.15) is 27.0 Å². The molecule has 0 unspecified atom stereocenters. The Morgan fingerprint density at radius 3 is 1.50 bits per heavy atom. The fourth-order valence-corrected chi connectivity index (χ4v) is 2.09. The lowest BCUT2D eigenvalue weighted by Crippen LogP contribution is -2.20. The van der Waals surface area contributed by atoms with Gasteiger partial charge in [0, 0.05) is 22.3 Å². The smallest absolute Gasteiger partial charge is 0.194 e. The highest BCUT2D eigenvalue weighted by Gasteiger charge is 2.25. The molecule has 0 fully saturated rings. The minimum absolute atomic E-state index is 0.0159. The zero-order valence-corrected chi connectivity index (χ0v) is 8.53. The Labute approximate surface area is 93.1 Å². The van der Waals surface area contributed by atoms with Gasteiger partial charge in [-0.3, -0.25) is 10.2 Å². The number of ketones is 1. The van der Waals surface area contributed by atoms with Crippen LogP contribution >= 0.6 is 0 Å². The molecule has 1 aliphatic rings. The maximum absolute atomic E-state index is 12.2. The van der Waals surface area contributed by atoms with E-state index in [1.165, 1.54) is 0 Å². The van der Waals surface area contributed by atoms with Crippen LogP contribution in [0.5, 0.6) is 0 Å². The van der Waals surface area contributed by atoms with Crippen molar-refractivity contribution in [1.29, 1.82) is 5.41 Å². The Morgan fingerprint density at radius 1 is 0.688 bits per heavy atom. The van der Waals surface area contributed by atoms with Crippen molar-refractivity contribution in [1.82, 2.24) is 0 Å². The van der Waals surface area contributed by atoms with Gasteiger partial charge in [0.2, 0.25) is 0 Å². The molecule has 2 heteroatoms. The van der Waals surface area contributed by atoms with E-state index >= 15 is 0 Å². The van der Waals surface area contributed by atoms with E-state index in [9.17, 15) is 4.79 Å². The number of hydrogen-bond acceptors (Lipinski definition) is 2. The summed E-state index contributed by atoms with van der Waals surface area (Å²) in [6.45, 7) is 0. The minimum Gasteiger partial charge on any atom is -0.300 e. The molecule has 0 aliphatic heterocycles. The van der Waals surface area contributed by atoms with Crippen molar-refractivity contribution in [3.05, 3.63) is 70.8 Å². The van der Waals surface area contributed by atoms with E-state index in [0.717, 1.165) is 11.1 Å². The molecule has 0 aromatic heterocycles. The van der Waals surface area contributed by atoms with Gasteiger partial charge in [0.15, 0.2) is 5.78 Å². The topological polar surface area (TPSA) is 40.9 Å². The molecule has 0 heterocycles. The fourth-order valence-electron chi connectivity index (χ4n) is 2.09. The molecular weight excluding hydrogens is 198 g/mol. The molecule has 0 amide bonds. The summed E-state index contributed by atoms with van der Waals surface area (Å²) in [4.78, 5) is 12.2. The predicted octanol–water partition coefficient (Wildman–Crippen LogP) is 2.65. The zero-order valence-electron chi connectivity index (χ0n) is 8.53. The second kappa shape index (κ2) is 3.14. The third-order valence-corrected chi connectivity index (χ3v) is 2.88. The standard InChI is InChI=1S/C14H9NO/c15-13-9-5-1-3-7-11(9)14(16)12-8-4-2-6-10(12)13/h1-8,15H. The summed E-state index contributed by atoms with van der Waals surface area (Å²) in [6, 6.07) is 14.6. The van der Waals surface area contributed by atoms with Crippen LogP contribution in [0.25, 0.3) is 0 Å². The van der Waals surface area contributed by atoms with Gasteiger partial charge in [-0.05, 0) is 0 Å². The first-order valence-corrected chi connectivity index (χ1v) is 5.11. The Bertz CT molecular complexity index is 508. The van der Waals surface area contributed by atoms with Gasteiger partial charge in [-0.25, -0.2) is 0 Å². The van der Waals surface area contributed by atoms with Crippen molar-refractivity contribution in [2.45, 2.75) is 0 Å². The molecular formula is C14H9NO. The molecule has 1 aliphatic carbocycles. The molecule has 2 nitrogen and oxygen atoms in total. The van der Waals surface area contributed by atoms with E-state index in [0.29, 0.717) is 16.8 Å². The summed E-state index contributed by atoms with van der Waals surface area (Å²) in [7, 11) is 0. The second-order valence-electron chi connectivity index (χ2n) is 3.80. The Kier molecular flexibility index (Phi) is 1.77.